The summed E-state index contributed by atoms with van der Waals surface area (Å²) in [6.07, 6.45) is 24.3. The molecule has 330 valence electrons. The van der Waals surface area contributed by atoms with Crippen molar-refractivity contribution in [3.05, 3.63) is 0 Å². The van der Waals surface area contributed by atoms with Gasteiger partial charge in [0.05, 0.1) is 0 Å². The van der Waals surface area contributed by atoms with Crippen LogP contribution in [0.15, 0.2) is 0 Å². The van der Waals surface area contributed by atoms with E-state index in [1.165, 1.54) is 38.5 Å². The van der Waals surface area contributed by atoms with E-state index in [0.717, 1.165) is 83.5 Å². The van der Waals surface area contributed by atoms with Crippen molar-refractivity contribution in [1.29, 1.82) is 0 Å². The van der Waals surface area contributed by atoms with E-state index in [4.69, 9.17) is 0 Å². The molecular formula is C50H88O7. The summed E-state index contributed by atoms with van der Waals surface area (Å²) in [6, 6.07) is 0. The molecule has 0 saturated heterocycles. The van der Waals surface area contributed by atoms with Crippen LogP contribution in [0.3, 0.4) is 0 Å². The summed E-state index contributed by atoms with van der Waals surface area (Å²) in [5.74, 6) is 3.81. The molecule has 0 bridgehead atoms. The van der Waals surface area contributed by atoms with Gasteiger partial charge in [-0.1, -0.05) is 104 Å². The van der Waals surface area contributed by atoms with Crippen molar-refractivity contribution in [1.82, 2.24) is 0 Å². The molecule has 0 aliphatic carbocycles. The smallest absolute Gasteiger partial charge is 0.132 e. The van der Waals surface area contributed by atoms with Crippen molar-refractivity contribution in [3.8, 4) is 0 Å². The molecule has 0 aromatic rings. The Hall–Kier alpha value is -2.31. The lowest BCUT2D eigenvalue weighted by atomic mass is 9.74. The molecule has 7 nitrogen and oxygen atoms in total. The highest BCUT2D eigenvalue weighted by Gasteiger charge is 2.26. The third-order valence-electron chi connectivity index (χ3n) is 12.5. The Labute approximate surface area is 350 Å². The minimum atomic E-state index is 0.0527. The van der Waals surface area contributed by atoms with Crippen LogP contribution < -0.4 is 0 Å². The molecule has 57 heavy (non-hydrogen) atoms. The SMILES string of the molecule is CCCCCC(C)C(CCCC(CC(C)=O)CC(C)=O)CC(C)C(CCCCCCCC(=O)CCCC(CC(C)=O)CC(C)=O)CCCC(CC(C)=O)CC(C)=O. The van der Waals surface area contributed by atoms with Gasteiger partial charge < -0.3 is 28.8 Å². The molecule has 0 amide bonds. The predicted octanol–water partition coefficient (Wildman–Crippen LogP) is 13.0. The maximum Gasteiger partial charge on any atom is 0.132 e. The lowest BCUT2D eigenvalue weighted by molar-refractivity contribution is -0.121. The minimum absolute atomic E-state index is 0.0527. The van der Waals surface area contributed by atoms with Crippen LogP contribution in [0, 0.1) is 41.4 Å². The largest absolute Gasteiger partial charge is 0.300 e. The molecular weight excluding hydrogens is 713 g/mol. The molecule has 0 aliphatic heterocycles. The van der Waals surface area contributed by atoms with Crippen molar-refractivity contribution in [2.45, 2.75) is 236 Å². The van der Waals surface area contributed by atoms with Gasteiger partial charge in [0.15, 0.2) is 0 Å². The molecule has 0 fully saturated rings. The molecule has 0 N–H and O–H groups in total. The van der Waals surface area contributed by atoms with Gasteiger partial charge in [-0.25, -0.2) is 0 Å². The van der Waals surface area contributed by atoms with Crippen molar-refractivity contribution < 1.29 is 33.6 Å². The average Bonchev–Trinajstić information content (AvgIpc) is 3.08. The Morgan fingerprint density at radius 1 is 0.351 bits per heavy atom. The summed E-state index contributed by atoms with van der Waals surface area (Å²) >= 11 is 0. The lowest BCUT2D eigenvalue weighted by Gasteiger charge is -2.32. The van der Waals surface area contributed by atoms with E-state index in [0.29, 0.717) is 75.0 Å². The van der Waals surface area contributed by atoms with Gasteiger partial charge in [-0.3, -0.25) is 4.79 Å². The molecule has 4 unspecified atom stereocenters. The lowest BCUT2D eigenvalue weighted by Crippen LogP contribution is -2.21. The van der Waals surface area contributed by atoms with Crippen molar-refractivity contribution >= 4 is 40.5 Å². The molecule has 0 radical (unpaired) electrons. The zero-order valence-electron chi connectivity index (χ0n) is 38.5. The average molecular weight is 801 g/mol. The zero-order chi connectivity index (χ0) is 43.2. The summed E-state index contributed by atoms with van der Waals surface area (Å²) in [5.41, 5.74) is 0. The van der Waals surface area contributed by atoms with Gasteiger partial charge in [0.2, 0.25) is 0 Å². The van der Waals surface area contributed by atoms with Gasteiger partial charge >= 0.3 is 0 Å². The second-order valence-corrected chi connectivity index (χ2v) is 18.8. The van der Waals surface area contributed by atoms with Crippen LogP contribution in [0.5, 0.6) is 0 Å². The second kappa shape index (κ2) is 33.5. The number of hydrogen-bond acceptors (Lipinski definition) is 7. The van der Waals surface area contributed by atoms with Gasteiger partial charge in [-0.15, -0.1) is 0 Å². The van der Waals surface area contributed by atoms with Gasteiger partial charge in [-0.05, 0) is 121 Å². The Kier molecular flexibility index (Phi) is 32.2. The zero-order valence-corrected chi connectivity index (χ0v) is 38.5. The van der Waals surface area contributed by atoms with Crippen LogP contribution in [0.4, 0.5) is 0 Å². The number of hydrogen-bond donors (Lipinski definition) is 0. The number of carbonyl (C=O) groups is 7. The highest BCUT2D eigenvalue weighted by molar-refractivity contribution is 5.80. The first-order valence-electron chi connectivity index (χ1n) is 23.4. The maximum absolute atomic E-state index is 12.6. The molecule has 0 spiro atoms. The summed E-state index contributed by atoms with van der Waals surface area (Å²) in [5, 5.41) is 0. The summed E-state index contributed by atoms with van der Waals surface area (Å²) in [7, 11) is 0. The molecule has 4 atom stereocenters. The maximum atomic E-state index is 12.6. The van der Waals surface area contributed by atoms with Crippen LogP contribution in [0.25, 0.3) is 0 Å². The standard InChI is InChI=1S/C50H88O7/c1-10-11-15-21-37(2)49(27-19-23-46(33-41(6)53)34-42(7)54)30-38(3)48(26-18-22-45(31-39(4)51)32-40(5)52)25-16-13-12-14-17-28-50(57)29-20-24-47(35-43(8)55)36-44(9)56/h37-38,45-49H,10-36H2,1-9H3. The monoisotopic (exact) mass is 801 g/mol. The predicted molar refractivity (Wildman–Crippen MR) is 235 cm³/mol. The van der Waals surface area contributed by atoms with Crippen molar-refractivity contribution in [2.75, 3.05) is 0 Å². The van der Waals surface area contributed by atoms with Crippen molar-refractivity contribution in [2.24, 2.45) is 41.4 Å². The van der Waals surface area contributed by atoms with E-state index in [2.05, 4.69) is 20.8 Å². The second-order valence-electron chi connectivity index (χ2n) is 18.8. The summed E-state index contributed by atoms with van der Waals surface area (Å²) in [6.45, 7) is 16.8. The topological polar surface area (TPSA) is 119 Å². The first-order valence-corrected chi connectivity index (χ1v) is 23.4. The van der Waals surface area contributed by atoms with E-state index in [1.807, 2.05) is 0 Å². The fraction of sp³-hybridized carbons (Fsp3) is 0.860. The minimum Gasteiger partial charge on any atom is -0.300 e. The third kappa shape index (κ3) is 32.3. The fourth-order valence-corrected chi connectivity index (χ4v) is 9.55. The Morgan fingerprint density at radius 2 is 0.702 bits per heavy atom. The quantitative estimate of drug-likeness (QED) is 0.0566. The molecule has 0 aliphatic rings. The number of unbranched alkanes of at least 4 members (excludes halogenated alkanes) is 6. The van der Waals surface area contributed by atoms with Gasteiger partial charge in [0.1, 0.15) is 40.5 Å². The van der Waals surface area contributed by atoms with Crippen LogP contribution in [0.1, 0.15) is 236 Å². The van der Waals surface area contributed by atoms with E-state index in [1.54, 1.807) is 41.5 Å². The number of Topliss-reactive ketones (excluding diaryl/α,β-unsaturated/α-hetero) is 7. The van der Waals surface area contributed by atoms with Gasteiger partial charge in [0.25, 0.3) is 0 Å². The van der Waals surface area contributed by atoms with Gasteiger partial charge in [0, 0.05) is 51.4 Å². The van der Waals surface area contributed by atoms with Crippen molar-refractivity contribution in [3.63, 3.8) is 0 Å². The number of carbonyl (C=O) groups excluding carboxylic acids is 7. The van der Waals surface area contributed by atoms with Crippen LogP contribution in [0.2, 0.25) is 0 Å². The van der Waals surface area contributed by atoms with Crippen LogP contribution in [-0.2, 0) is 33.6 Å². The first-order chi connectivity index (χ1) is 26.9. The van der Waals surface area contributed by atoms with Crippen LogP contribution >= 0.6 is 0 Å². The summed E-state index contributed by atoms with van der Waals surface area (Å²) < 4.78 is 0. The van der Waals surface area contributed by atoms with Gasteiger partial charge in [-0.2, -0.15) is 0 Å². The Balaban J connectivity index is 5.43. The molecule has 0 rings (SSSR count). The molecule has 0 saturated carbocycles. The first kappa shape index (κ1) is 54.7. The molecule has 0 heterocycles. The fourth-order valence-electron chi connectivity index (χ4n) is 9.55. The van der Waals surface area contributed by atoms with E-state index in [-0.39, 0.29) is 58.2 Å². The summed E-state index contributed by atoms with van der Waals surface area (Å²) in [4.78, 5) is 83.6. The van der Waals surface area contributed by atoms with E-state index >= 15 is 0 Å². The Morgan fingerprint density at radius 3 is 1.14 bits per heavy atom. The molecule has 0 aromatic heterocycles. The Bertz CT molecular complexity index is 1120. The molecule has 7 heteroatoms. The normalized spacial score (nSPS) is 13.8. The van der Waals surface area contributed by atoms with E-state index < -0.39 is 0 Å². The third-order valence-corrected chi connectivity index (χ3v) is 12.5. The van der Waals surface area contributed by atoms with E-state index in [9.17, 15) is 33.6 Å². The highest BCUT2D eigenvalue weighted by Crippen LogP contribution is 2.37. The molecule has 0 aromatic carbocycles. The van der Waals surface area contributed by atoms with Crippen LogP contribution in [-0.4, -0.2) is 40.5 Å². The number of rotatable bonds is 40. The number of ketones is 7. The highest BCUT2D eigenvalue weighted by atomic mass is 16.1.